The fourth-order valence-electron chi connectivity index (χ4n) is 2.80. The number of anilines is 1. The van der Waals surface area contributed by atoms with Gasteiger partial charge in [0.15, 0.2) is 0 Å². The number of nitrogens with one attached hydrogen (secondary N) is 1. The molecule has 1 fully saturated rings. The summed E-state index contributed by atoms with van der Waals surface area (Å²) < 4.78 is 0. The molecular formula is C15H19N3O2. The van der Waals surface area contributed by atoms with Crippen LogP contribution in [0.1, 0.15) is 23.7 Å². The Labute approximate surface area is 117 Å². The Kier molecular flexibility index (Phi) is 3.14. The molecule has 2 aromatic rings. The van der Waals surface area contributed by atoms with Crippen molar-refractivity contribution in [2.45, 2.75) is 19.4 Å². The third-order valence-corrected chi connectivity index (χ3v) is 4.08. The number of aromatic nitrogens is 1. The highest BCUT2D eigenvalue weighted by molar-refractivity contribution is 6.07. The number of carbonyl (C=O) groups is 1. The van der Waals surface area contributed by atoms with E-state index in [0.29, 0.717) is 30.8 Å². The number of rotatable bonds is 1. The predicted molar refractivity (Wildman–Crippen MR) is 78.4 cm³/mol. The topological polar surface area (TPSA) is 82.4 Å². The van der Waals surface area contributed by atoms with Crippen molar-refractivity contribution in [3.05, 3.63) is 30.0 Å². The van der Waals surface area contributed by atoms with Crippen LogP contribution in [0.15, 0.2) is 24.4 Å². The second-order valence-electron chi connectivity index (χ2n) is 5.59. The summed E-state index contributed by atoms with van der Waals surface area (Å²) in [6.07, 6.45) is 2.07. The number of aliphatic hydroxyl groups excluding tert-OH is 1. The summed E-state index contributed by atoms with van der Waals surface area (Å²) >= 11 is 0. The van der Waals surface area contributed by atoms with Crippen molar-refractivity contribution in [1.29, 1.82) is 0 Å². The second kappa shape index (κ2) is 4.83. The van der Waals surface area contributed by atoms with E-state index < -0.39 is 0 Å². The molecule has 20 heavy (non-hydrogen) atoms. The van der Waals surface area contributed by atoms with Crippen molar-refractivity contribution < 1.29 is 9.90 Å². The molecule has 1 saturated heterocycles. The van der Waals surface area contributed by atoms with Gasteiger partial charge in [-0.05, 0) is 30.5 Å². The van der Waals surface area contributed by atoms with Crippen LogP contribution < -0.4 is 5.73 Å². The van der Waals surface area contributed by atoms with Crippen LogP contribution in [0.2, 0.25) is 0 Å². The molecule has 4 N–H and O–H groups in total. The lowest BCUT2D eigenvalue weighted by molar-refractivity contribution is 0.0299. The van der Waals surface area contributed by atoms with Crippen molar-refractivity contribution in [3.8, 4) is 0 Å². The number of likely N-dealkylation sites (tertiary alicyclic amines) is 1. The Hall–Kier alpha value is -2.01. The maximum atomic E-state index is 12.6. The lowest BCUT2D eigenvalue weighted by Gasteiger charge is -2.34. The van der Waals surface area contributed by atoms with Crippen LogP contribution in [0.4, 0.5) is 5.69 Å². The van der Waals surface area contributed by atoms with Crippen LogP contribution in [-0.2, 0) is 0 Å². The summed E-state index contributed by atoms with van der Waals surface area (Å²) in [5, 5.41) is 10.6. The van der Waals surface area contributed by atoms with Crippen LogP contribution in [-0.4, -0.2) is 40.1 Å². The van der Waals surface area contributed by atoms with Crippen molar-refractivity contribution >= 4 is 22.5 Å². The van der Waals surface area contributed by atoms with Gasteiger partial charge in [0.05, 0.1) is 11.7 Å². The molecule has 5 heteroatoms. The van der Waals surface area contributed by atoms with Gasteiger partial charge in [-0.1, -0.05) is 6.92 Å². The van der Waals surface area contributed by atoms with Gasteiger partial charge in [-0.2, -0.15) is 0 Å². The van der Waals surface area contributed by atoms with E-state index in [-0.39, 0.29) is 17.9 Å². The fraction of sp³-hybridized carbons (Fsp3) is 0.400. The number of H-pyrrole nitrogens is 1. The van der Waals surface area contributed by atoms with Gasteiger partial charge < -0.3 is 20.7 Å². The van der Waals surface area contributed by atoms with E-state index in [0.717, 1.165) is 10.9 Å². The molecule has 5 nitrogen and oxygen atoms in total. The molecule has 3 rings (SSSR count). The number of aliphatic hydroxyl groups is 1. The zero-order valence-corrected chi connectivity index (χ0v) is 11.5. The van der Waals surface area contributed by atoms with Crippen LogP contribution in [0, 0.1) is 5.92 Å². The molecule has 1 aliphatic rings. The lowest BCUT2D eigenvalue weighted by Crippen LogP contribution is -2.44. The Morgan fingerprint density at radius 2 is 2.30 bits per heavy atom. The molecule has 2 heterocycles. The Balaban J connectivity index is 1.91. The molecule has 106 valence electrons. The first kappa shape index (κ1) is 13.0. The van der Waals surface area contributed by atoms with Gasteiger partial charge in [0.1, 0.15) is 0 Å². The van der Waals surface area contributed by atoms with Crippen molar-refractivity contribution in [1.82, 2.24) is 9.88 Å². The standard InChI is InChI=1S/C15H19N3O2/c1-9-8-18(5-4-14(9)19)15(20)12-7-17-13-3-2-10(16)6-11(12)13/h2-3,6-7,9,14,17,19H,4-5,8,16H2,1H3. The van der Waals surface area contributed by atoms with E-state index in [4.69, 9.17) is 5.73 Å². The largest absolute Gasteiger partial charge is 0.399 e. The number of piperidine rings is 1. The van der Waals surface area contributed by atoms with Crippen LogP contribution in [0.5, 0.6) is 0 Å². The smallest absolute Gasteiger partial charge is 0.256 e. The average molecular weight is 273 g/mol. The van der Waals surface area contributed by atoms with E-state index >= 15 is 0 Å². The Bertz CT molecular complexity index is 650. The van der Waals surface area contributed by atoms with Gasteiger partial charge in [0.25, 0.3) is 5.91 Å². The Morgan fingerprint density at radius 1 is 1.50 bits per heavy atom. The second-order valence-corrected chi connectivity index (χ2v) is 5.59. The molecule has 0 bridgehead atoms. The summed E-state index contributed by atoms with van der Waals surface area (Å²) in [6, 6.07) is 5.51. The summed E-state index contributed by atoms with van der Waals surface area (Å²) in [5.74, 6) is 0.114. The number of nitrogen functional groups attached to an aromatic ring is 1. The number of carbonyl (C=O) groups excluding carboxylic acids is 1. The van der Waals surface area contributed by atoms with Crippen LogP contribution in [0.25, 0.3) is 10.9 Å². The zero-order valence-electron chi connectivity index (χ0n) is 11.5. The Morgan fingerprint density at radius 3 is 3.05 bits per heavy atom. The quantitative estimate of drug-likeness (QED) is 0.690. The third kappa shape index (κ3) is 2.14. The van der Waals surface area contributed by atoms with Gasteiger partial charge in [-0.25, -0.2) is 0 Å². The third-order valence-electron chi connectivity index (χ3n) is 4.08. The molecule has 0 saturated carbocycles. The van der Waals surface area contributed by atoms with Crippen molar-refractivity contribution in [3.63, 3.8) is 0 Å². The maximum absolute atomic E-state index is 12.6. The van der Waals surface area contributed by atoms with Gasteiger partial charge in [0, 0.05) is 35.9 Å². The van der Waals surface area contributed by atoms with Crippen molar-refractivity contribution in [2.75, 3.05) is 18.8 Å². The number of benzene rings is 1. The average Bonchev–Trinajstić information content (AvgIpc) is 2.84. The molecule has 1 aromatic heterocycles. The number of amides is 1. The number of nitrogens with two attached hydrogens (primary N) is 1. The van der Waals surface area contributed by atoms with E-state index in [9.17, 15) is 9.90 Å². The lowest BCUT2D eigenvalue weighted by atomic mass is 9.96. The normalized spacial score (nSPS) is 23.2. The van der Waals surface area contributed by atoms with Gasteiger partial charge in [-0.15, -0.1) is 0 Å². The molecule has 1 aromatic carbocycles. The number of hydrogen-bond donors (Lipinski definition) is 3. The first-order chi connectivity index (χ1) is 9.56. The molecule has 0 aliphatic carbocycles. The maximum Gasteiger partial charge on any atom is 0.256 e. The molecule has 2 atom stereocenters. The highest BCUT2D eigenvalue weighted by atomic mass is 16.3. The fourth-order valence-corrected chi connectivity index (χ4v) is 2.80. The van der Waals surface area contributed by atoms with Crippen LogP contribution in [0.3, 0.4) is 0 Å². The summed E-state index contributed by atoms with van der Waals surface area (Å²) in [4.78, 5) is 17.5. The number of aromatic amines is 1. The first-order valence-corrected chi connectivity index (χ1v) is 6.90. The minimum absolute atomic E-state index is 0.000556. The number of fused-ring (bicyclic) bond motifs is 1. The van der Waals surface area contributed by atoms with Crippen molar-refractivity contribution in [2.24, 2.45) is 5.92 Å². The molecule has 0 radical (unpaired) electrons. The number of hydrogen-bond acceptors (Lipinski definition) is 3. The van der Waals surface area contributed by atoms with E-state index in [2.05, 4.69) is 4.98 Å². The predicted octanol–water partition coefficient (Wildman–Crippen LogP) is 1.59. The highest BCUT2D eigenvalue weighted by Crippen LogP contribution is 2.24. The van der Waals surface area contributed by atoms with Gasteiger partial charge in [0.2, 0.25) is 0 Å². The monoisotopic (exact) mass is 273 g/mol. The summed E-state index contributed by atoms with van der Waals surface area (Å²) in [7, 11) is 0. The molecule has 1 aliphatic heterocycles. The van der Waals surface area contributed by atoms with Crippen LogP contribution >= 0.6 is 0 Å². The van der Waals surface area contributed by atoms with E-state index in [1.165, 1.54) is 0 Å². The minimum atomic E-state index is -0.308. The minimum Gasteiger partial charge on any atom is -0.399 e. The SMILES string of the molecule is CC1CN(C(=O)c2c[nH]c3ccc(N)cc23)CCC1O. The number of nitrogens with zero attached hydrogens (tertiary/aromatic N) is 1. The zero-order chi connectivity index (χ0) is 14.3. The van der Waals surface area contributed by atoms with E-state index in [1.54, 1.807) is 6.20 Å². The molecule has 2 unspecified atom stereocenters. The van der Waals surface area contributed by atoms with Gasteiger partial charge in [-0.3, -0.25) is 4.79 Å². The molecule has 0 spiro atoms. The van der Waals surface area contributed by atoms with Gasteiger partial charge >= 0.3 is 0 Å². The molecular weight excluding hydrogens is 254 g/mol. The first-order valence-electron chi connectivity index (χ1n) is 6.90. The van der Waals surface area contributed by atoms with E-state index in [1.807, 2.05) is 30.0 Å². The summed E-state index contributed by atoms with van der Waals surface area (Å²) in [6.45, 7) is 3.16. The summed E-state index contributed by atoms with van der Waals surface area (Å²) in [5.41, 5.74) is 8.00. The molecule has 1 amide bonds. The highest BCUT2D eigenvalue weighted by Gasteiger charge is 2.28.